The van der Waals surface area contributed by atoms with E-state index in [4.69, 9.17) is 11.6 Å². The number of hydrogen-bond donors (Lipinski definition) is 1. The van der Waals surface area contributed by atoms with E-state index in [9.17, 15) is 4.79 Å². The SMILES string of the molecule is O=C(Nc1cccc(Br)c1)c1cc(Cl)ccn1. The third-order valence-corrected chi connectivity index (χ3v) is 2.77. The maximum absolute atomic E-state index is 11.8. The van der Waals surface area contributed by atoms with E-state index in [1.807, 2.05) is 18.2 Å². The van der Waals surface area contributed by atoms with Crippen LogP contribution in [0.3, 0.4) is 0 Å². The Morgan fingerprint density at radius 1 is 1.29 bits per heavy atom. The molecule has 1 heterocycles. The normalized spacial score (nSPS) is 10.0. The summed E-state index contributed by atoms with van der Waals surface area (Å²) in [5, 5.41) is 3.22. The fourth-order valence-electron chi connectivity index (χ4n) is 1.29. The van der Waals surface area contributed by atoms with Crippen LogP contribution in [0.2, 0.25) is 5.02 Å². The Hall–Kier alpha value is -1.39. The molecular formula is C12H8BrClN2O. The number of hydrogen-bond acceptors (Lipinski definition) is 2. The first-order valence-corrected chi connectivity index (χ1v) is 6.01. The molecule has 1 aromatic carbocycles. The number of carbonyl (C=O) groups excluding carboxylic acids is 1. The van der Waals surface area contributed by atoms with Gasteiger partial charge in [0.25, 0.3) is 5.91 Å². The number of pyridine rings is 1. The molecule has 1 amide bonds. The minimum absolute atomic E-state index is 0.286. The third kappa shape index (κ3) is 3.28. The standard InChI is InChI=1S/C12H8BrClN2O/c13-8-2-1-3-10(6-8)16-12(17)11-7-9(14)4-5-15-11/h1-7H,(H,16,17). The van der Waals surface area contributed by atoms with Crippen molar-refractivity contribution in [2.24, 2.45) is 0 Å². The molecule has 0 saturated carbocycles. The highest BCUT2D eigenvalue weighted by Gasteiger charge is 2.07. The topological polar surface area (TPSA) is 42.0 Å². The van der Waals surface area contributed by atoms with Crippen LogP contribution in [0, 0.1) is 0 Å². The Morgan fingerprint density at radius 2 is 2.12 bits per heavy atom. The number of rotatable bonds is 2. The second-order valence-electron chi connectivity index (χ2n) is 3.32. The molecule has 2 aromatic rings. The highest BCUT2D eigenvalue weighted by atomic mass is 79.9. The van der Waals surface area contributed by atoms with Gasteiger partial charge in [-0.2, -0.15) is 0 Å². The zero-order chi connectivity index (χ0) is 12.3. The second-order valence-corrected chi connectivity index (χ2v) is 4.68. The summed E-state index contributed by atoms with van der Waals surface area (Å²) in [6.45, 7) is 0. The largest absolute Gasteiger partial charge is 0.321 e. The number of nitrogens with zero attached hydrogens (tertiary/aromatic N) is 1. The molecule has 2 rings (SSSR count). The lowest BCUT2D eigenvalue weighted by molar-refractivity contribution is 0.102. The van der Waals surface area contributed by atoms with Crippen molar-refractivity contribution >= 4 is 39.1 Å². The number of carbonyl (C=O) groups is 1. The van der Waals surface area contributed by atoms with Crippen molar-refractivity contribution in [2.45, 2.75) is 0 Å². The van der Waals surface area contributed by atoms with Gasteiger partial charge in [-0.25, -0.2) is 0 Å². The predicted octanol–water partition coefficient (Wildman–Crippen LogP) is 3.75. The van der Waals surface area contributed by atoms with Gasteiger partial charge in [0.2, 0.25) is 0 Å². The maximum Gasteiger partial charge on any atom is 0.274 e. The molecule has 5 heteroatoms. The number of anilines is 1. The van der Waals surface area contributed by atoms with Crippen LogP contribution in [0.1, 0.15) is 10.5 Å². The van der Waals surface area contributed by atoms with E-state index < -0.39 is 0 Å². The molecule has 3 nitrogen and oxygen atoms in total. The van der Waals surface area contributed by atoms with Crippen LogP contribution in [0.4, 0.5) is 5.69 Å². The third-order valence-electron chi connectivity index (χ3n) is 2.04. The highest BCUT2D eigenvalue weighted by molar-refractivity contribution is 9.10. The molecule has 0 aliphatic rings. The summed E-state index contributed by atoms with van der Waals surface area (Å²) in [6.07, 6.45) is 1.50. The molecule has 0 radical (unpaired) electrons. The van der Waals surface area contributed by atoms with Crippen molar-refractivity contribution in [1.29, 1.82) is 0 Å². The average Bonchev–Trinajstić information content (AvgIpc) is 2.29. The quantitative estimate of drug-likeness (QED) is 0.918. The van der Waals surface area contributed by atoms with E-state index in [2.05, 4.69) is 26.2 Å². The lowest BCUT2D eigenvalue weighted by Crippen LogP contribution is -2.13. The van der Waals surface area contributed by atoms with Gasteiger partial charge < -0.3 is 5.32 Å². The van der Waals surface area contributed by atoms with Crippen LogP contribution in [0.25, 0.3) is 0 Å². The van der Waals surface area contributed by atoms with Crippen LogP contribution >= 0.6 is 27.5 Å². The molecule has 86 valence electrons. The smallest absolute Gasteiger partial charge is 0.274 e. The van der Waals surface area contributed by atoms with Crippen LogP contribution in [-0.2, 0) is 0 Å². The Labute approximate surface area is 112 Å². The summed E-state index contributed by atoms with van der Waals surface area (Å²) in [4.78, 5) is 15.8. The van der Waals surface area contributed by atoms with Crippen molar-refractivity contribution in [3.8, 4) is 0 Å². The predicted molar refractivity (Wildman–Crippen MR) is 71.3 cm³/mol. The summed E-state index contributed by atoms with van der Waals surface area (Å²) in [5.74, 6) is -0.286. The van der Waals surface area contributed by atoms with Crippen LogP contribution in [-0.4, -0.2) is 10.9 Å². The number of halogens is 2. The Morgan fingerprint density at radius 3 is 2.82 bits per heavy atom. The summed E-state index contributed by atoms with van der Waals surface area (Å²) in [5.41, 5.74) is 0.989. The molecule has 1 aromatic heterocycles. The van der Waals surface area contributed by atoms with Crippen molar-refractivity contribution in [2.75, 3.05) is 5.32 Å². The van der Waals surface area contributed by atoms with Crippen LogP contribution < -0.4 is 5.32 Å². The monoisotopic (exact) mass is 310 g/mol. The summed E-state index contributed by atoms with van der Waals surface area (Å²) in [7, 11) is 0. The molecule has 0 spiro atoms. The lowest BCUT2D eigenvalue weighted by Gasteiger charge is -2.05. The van der Waals surface area contributed by atoms with Crippen molar-refractivity contribution in [3.63, 3.8) is 0 Å². The van der Waals surface area contributed by atoms with E-state index in [0.29, 0.717) is 10.7 Å². The van der Waals surface area contributed by atoms with Gasteiger partial charge in [0.1, 0.15) is 5.69 Å². The van der Waals surface area contributed by atoms with Crippen molar-refractivity contribution < 1.29 is 4.79 Å². The van der Waals surface area contributed by atoms with E-state index in [-0.39, 0.29) is 11.6 Å². The first kappa shape index (κ1) is 12.1. The summed E-state index contributed by atoms with van der Waals surface area (Å²) >= 11 is 9.12. The fraction of sp³-hybridized carbons (Fsp3) is 0. The zero-order valence-corrected chi connectivity index (χ0v) is 11.0. The lowest BCUT2D eigenvalue weighted by atomic mass is 10.3. The van der Waals surface area contributed by atoms with Crippen molar-refractivity contribution in [1.82, 2.24) is 4.98 Å². The molecule has 0 unspecified atom stereocenters. The van der Waals surface area contributed by atoms with E-state index in [0.717, 1.165) is 4.47 Å². The van der Waals surface area contributed by atoms with Crippen LogP contribution in [0.15, 0.2) is 47.1 Å². The van der Waals surface area contributed by atoms with E-state index >= 15 is 0 Å². The minimum Gasteiger partial charge on any atom is -0.321 e. The Balaban J connectivity index is 2.17. The molecule has 0 saturated heterocycles. The summed E-state index contributed by atoms with van der Waals surface area (Å²) < 4.78 is 0.898. The fourth-order valence-corrected chi connectivity index (χ4v) is 1.85. The van der Waals surface area contributed by atoms with Gasteiger partial charge in [-0.05, 0) is 30.3 Å². The average molecular weight is 312 g/mol. The van der Waals surface area contributed by atoms with Gasteiger partial charge in [0.05, 0.1) is 0 Å². The number of nitrogens with one attached hydrogen (secondary N) is 1. The zero-order valence-electron chi connectivity index (χ0n) is 8.65. The first-order valence-electron chi connectivity index (χ1n) is 4.83. The minimum atomic E-state index is -0.286. The van der Waals surface area contributed by atoms with Gasteiger partial charge in [0.15, 0.2) is 0 Å². The maximum atomic E-state index is 11.8. The number of amides is 1. The molecule has 0 atom stereocenters. The number of aromatic nitrogens is 1. The molecule has 0 aliphatic heterocycles. The first-order chi connectivity index (χ1) is 8.15. The summed E-state index contributed by atoms with van der Waals surface area (Å²) in [6, 6.07) is 10.5. The van der Waals surface area contributed by atoms with Crippen molar-refractivity contribution in [3.05, 3.63) is 57.8 Å². The van der Waals surface area contributed by atoms with Crippen LogP contribution in [0.5, 0.6) is 0 Å². The van der Waals surface area contributed by atoms with Gasteiger partial charge in [-0.3, -0.25) is 9.78 Å². The Bertz CT molecular complexity index is 560. The molecule has 0 fully saturated rings. The molecular weight excluding hydrogens is 304 g/mol. The molecule has 1 N–H and O–H groups in total. The molecule has 17 heavy (non-hydrogen) atoms. The number of benzene rings is 1. The van der Waals surface area contributed by atoms with Gasteiger partial charge in [-0.1, -0.05) is 33.6 Å². The Kier molecular flexibility index (Phi) is 3.76. The second kappa shape index (κ2) is 5.29. The highest BCUT2D eigenvalue weighted by Crippen LogP contribution is 2.16. The molecule has 0 bridgehead atoms. The molecule has 0 aliphatic carbocycles. The van der Waals surface area contributed by atoms with Gasteiger partial charge in [-0.15, -0.1) is 0 Å². The van der Waals surface area contributed by atoms with E-state index in [1.54, 1.807) is 12.1 Å². The van der Waals surface area contributed by atoms with E-state index in [1.165, 1.54) is 12.3 Å². The van der Waals surface area contributed by atoms with Gasteiger partial charge in [0, 0.05) is 21.4 Å². The van der Waals surface area contributed by atoms with Gasteiger partial charge >= 0.3 is 0 Å².